The van der Waals surface area contributed by atoms with Crippen LogP contribution in [-0.4, -0.2) is 79.2 Å². The van der Waals surface area contributed by atoms with E-state index in [2.05, 4.69) is 25.3 Å². The molecule has 0 aliphatic carbocycles. The Bertz CT molecular complexity index is 1440. The highest BCUT2D eigenvalue weighted by Crippen LogP contribution is 2.32. The van der Waals surface area contributed by atoms with Crippen LogP contribution in [0.2, 0.25) is 0 Å². The molecule has 2 aliphatic rings. The van der Waals surface area contributed by atoms with Crippen LogP contribution in [-0.2, 0) is 4.74 Å². The summed E-state index contributed by atoms with van der Waals surface area (Å²) in [6, 6.07) is 4.82. The van der Waals surface area contributed by atoms with E-state index in [-0.39, 0.29) is 23.0 Å². The van der Waals surface area contributed by atoms with Crippen molar-refractivity contribution in [3.8, 4) is 17.0 Å². The number of ether oxygens (including phenoxy) is 2. The number of pyridine rings is 2. The Morgan fingerprint density at radius 1 is 1.16 bits per heavy atom. The summed E-state index contributed by atoms with van der Waals surface area (Å²) in [7, 11) is 0. The van der Waals surface area contributed by atoms with Crippen LogP contribution in [0.3, 0.4) is 0 Å². The van der Waals surface area contributed by atoms with E-state index in [0.717, 1.165) is 63.3 Å². The number of Topliss-reactive ketones (excluding diaryl/α,β-unsaturated/α-hetero) is 1. The zero-order valence-electron chi connectivity index (χ0n) is 20.2. The van der Waals surface area contributed by atoms with Crippen LogP contribution in [0.15, 0.2) is 36.8 Å². The van der Waals surface area contributed by atoms with Crippen LogP contribution >= 0.6 is 0 Å². The first-order valence-electron chi connectivity index (χ1n) is 12.2. The lowest BCUT2D eigenvalue weighted by Gasteiger charge is -2.41. The van der Waals surface area contributed by atoms with E-state index in [0.29, 0.717) is 17.3 Å². The Morgan fingerprint density at radius 3 is 2.68 bits per heavy atom. The fraction of sp³-hybridized carbons (Fsp3) is 0.400. The number of hydrogen-bond acceptors (Lipinski definition) is 8. The number of nitrogens with zero attached hydrogens (tertiary/aromatic N) is 7. The fourth-order valence-corrected chi connectivity index (χ4v) is 4.93. The molecule has 192 valence electrons. The molecule has 0 bridgehead atoms. The SMILES string of the molecule is Cc1c(-c2cc(OCC(=O)c3ccc(F)cn3)c3c(F)cnn3c2)nnn1C1CCN(C2COC2)CC1. The molecule has 0 radical (unpaired) electrons. The fourth-order valence-electron chi connectivity index (χ4n) is 4.93. The largest absolute Gasteiger partial charge is 0.483 e. The molecule has 10 nitrogen and oxygen atoms in total. The first kappa shape index (κ1) is 23.6. The molecule has 2 fully saturated rings. The van der Waals surface area contributed by atoms with Gasteiger partial charge in [-0.15, -0.1) is 5.10 Å². The Kier molecular flexibility index (Phi) is 6.13. The van der Waals surface area contributed by atoms with E-state index in [1.54, 1.807) is 12.3 Å². The summed E-state index contributed by atoms with van der Waals surface area (Å²) in [5, 5.41) is 12.9. The van der Waals surface area contributed by atoms with E-state index in [9.17, 15) is 13.6 Å². The standard InChI is InChI=1S/C25H25F2N7O3/c1-15-24(30-31-34(15)18-4-6-32(7-5-18)19-12-36-13-19)16-8-23(25-20(27)10-29-33(25)11-16)37-14-22(35)21-3-2-17(26)9-28-21/h2-3,8-11,18-19H,4-7,12-14H2,1H3. The highest BCUT2D eigenvalue weighted by atomic mass is 19.1. The number of fused-ring (bicyclic) bond motifs is 1. The molecule has 2 saturated heterocycles. The number of rotatable bonds is 7. The molecule has 12 heteroatoms. The highest BCUT2D eigenvalue weighted by Gasteiger charge is 2.31. The van der Waals surface area contributed by atoms with Gasteiger partial charge in [-0.2, -0.15) is 5.10 Å². The van der Waals surface area contributed by atoms with Crippen LogP contribution in [0.5, 0.6) is 5.75 Å². The summed E-state index contributed by atoms with van der Waals surface area (Å²) in [5.74, 6) is -1.47. The van der Waals surface area contributed by atoms with Crippen molar-refractivity contribution >= 4 is 11.3 Å². The zero-order valence-corrected chi connectivity index (χ0v) is 20.2. The van der Waals surface area contributed by atoms with Gasteiger partial charge in [0, 0.05) is 24.8 Å². The number of likely N-dealkylation sites (tertiary alicyclic amines) is 1. The molecule has 0 aromatic carbocycles. The summed E-state index contributed by atoms with van der Waals surface area (Å²) in [4.78, 5) is 18.8. The number of halogens is 2. The average molecular weight is 510 g/mol. The Labute approximate surface area is 210 Å². The maximum atomic E-state index is 14.5. The van der Waals surface area contributed by atoms with Crippen LogP contribution in [0, 0.1) is 18.6 Å². The quantitative estimate of drug-likeness (QED) is 0.351. The smallest absolute Gasteiger partial charge is 0.218 e. The predicted octanol–water partition coefficient (Wildman–Crippen LogP) is 2.87. The number of hydrogen-bond donors (Lipinski definition) is 0. The summed E-state index contributed by atoms with van der Waals surface area (Å²) >= 11 is 0. The normalized spacial score (nSPS) is 17.3. The van der Waals surface area contributed by atoms with Crippen LogP contribution < -0.4 is 4.74 Å². The van der Waals surface area contributed by atoms with Gasteiger partial charge in [-0.05, 0) is 38.0 Å². The second kappa shape index (κ2) is 9.60. The van der Waals surface area contributed by atoms with Gasteiger partial charge in [-0.3, -0.25) is 9.69 Å². The van der Waals surface area contributed by atoms with Gasteiger partial charge >= 0.3 is 0 Å². The van der Waals surface area contributed by atoms with E-state index in [1.165, 1.54) is 10.6 Å². The lowest BCUT2D eigenvalue weighted by molar-refractivity contribution is -0.0735. The molecule has 0 unspecified atom stereocenters. The summed E-state index contributed by atoms with van der Waals surface area (Å²) < 4.78 is 42.0. The minimum absolute atomic E-state index is 0.0530. The van der Waals surface area contributed by atoms with Gasteiger partial charge in [-0.25, -0.2) is 23.0 Å². The van der Waals surface area contributed by atoms with E-state index in [4.69, 9.17) is 9.47 Å². The average Bonchev–Trinajstić information content (AvgIpc) is 3.44. The van der Waals surface area contributed by atoms with Gasteiger partial charge in [-0.1, -0.05) is 5.21 Å². The number of carbonyl (C=O) groups excluding carboxylic acids is 1. The van der Waals surface area contributed by atoms with Crippen molar-refractivity contribution in [3.63, 3.8) is 0 Å². The second-order valence-corrected chi connectivity index (χ2v) is 9.38. The molecular weight excluding hydrogens is 484 g/mol. The Balaban J connectivity index is 1.24. The molecule has 0 atom stereocenters. The first-order chi connectivity index (χ1) is 18.0. The predicted molar refractivity (Wildman–Crippen MR) is 127 cm³/mol. The zero-order chi connectivity index (χ0) is 25.5. The molecule has 2 aliphatic heterocycles. The van der Waals surface area contributed by atoms with Crippen molar-refractivity contribution in [1.29, 1.82) is 0 Å². The molecule has 0 saturated carbocycles. The van der Waals surface area contributed by atoms with E-state index >= 15 is 0 Å². The molecule has 4 aromatic heterocycles. The van der Waals surface area contributed by atoms with Gasteiger partial charge in [0.2, 0.25) is 5.78 Å². The van der Waals surface area contributed by atoms with Gasteiger partial charge in [0.15, 0.2) is 12.4 Å². The summed E-state index contributed by atoms with van der Waals surface area (Å²) in [5.41, 5.74) is 2.29. The second-order valence-electron chi connectivity index (χ2n) is 9.38. The summed E-state index contributed by atoms with van der Waals surface area (Å²) in [6.07, 6.45) is 5.64. The van der Waals surface area contributed by atoms with Crippen molar-refractivity contribution < 1.29 is 23.0 Å². The van der Waals surface area contributed by atoms with Crippen LogP contribution in [0.25, 0.3) is 16.8 Å². The molecule has 0 spiro atoms. The maximum Gasteiger partial charge on any atom is 0.218 e. The Hall–Kier alpha value is -3.77. The topological polar surface area (TPSA) is 99.7 Å². The molecule has 6 rings (SSSR count). The summed E-state index contributed by atoms with van der Waals surface area (Å²) in [6.45, 7) is 5.15. The van der Waals surface area contributed by atoms with Crippen molar-refractivity contribution in [2.24, 2.45) is 0 Å². The van der Waals surface area contributed by atoms with Gasteiger partial charge in [0.05, 0.1) is 43.4 Å². The van der Waals surface area contributed by atoms with Crippen molar-refractivity contribution in [2.45, 2.75) is 31.8 Å². The Morgan fingerprint density at radius 2 is 1.97 bits per heavy atom. The molecular formula is C25H25F2N7O3. The van der Waals surface area contributed by atoms with Gasteiger partial charge < -0.3 is 9.47 Å². The number of piperidine rings is 1. The monoisotopic (exact) mass is 509 g/mol. The van der Waals surface area contributed by atoms with Gasteiger partial charge in [0.25, 0.3) is 0 Å². The van der Waals surface area contributed by atoms with Crippen molar-refractivity contribution in [2.75, 3.05) is 32.9 Å². The lowest BCUT2D eigenvalue weighted by atomic mass is 10.0. The molecule has 0 N–H and O–H groups in total. The van der Waals surface area contributed by atoms with Gasteiger partial charge in [0.1, 0.15) is 28.5 Å². The van der Waals surface area contributed by atoms with Crippen molar-refractivity contribution in [1.82, 2.24) is 34.5 Å². The molecule has 4 aromatic rings. The molecule has 0 amide bonds. The number of carbonyl (C=O) groups is 1. The number of aromatic nitrogens is 6. The molecule has 37 heavy (non-hydrogen) atoms. The van der Waals surface area contributed by atoms with Crippen molar-refractivity contribution in [3.05, 3.63) is 59.8 Å². The number of ketones is 1. The minimum Gasteiger partial charge on any atom is -0.483 e. The third-order valence-corrected chi connectivity index (χ3v) is 7.09. The molecule has 6 heterocycles. The van der Waals surface area contributed by atoms with Crippen LogP contribution in [0.4, 0.5) is 8.78 Å². The third kappa shape index (κ3) is 4.46. The van der Waals surface area contributed by atoms with E-state index in [1.807, 2.05) is 11.6 Å². The van der Waals surface area contributed by atoms with E-state index < -0.39 is 24.0 Å². The maximum absolute atomic E-state index is 14.5. The minimum atomic E-state index is -0.585. The third-order valence-electron chi connectivity index (χ3n) is 7.09. The first-order valence-corrected chi connectivity index (χ1v) is 12.2. The lowest BCUT2D eigenvalue weighted by Crippen LogP contribution is -2.52. The van der Waals surface area contributed by atoms with Crippen LogP contribution in [0.1, 0.15) is 35.1 Å². The highest BCUT2D eigenvalue weighted by molar-refractivity contribution is 5.95.